The summed E-state index contributed by atoms with van der Waals surface area (Å²) in [4.78, 5) is 12.6. The molecule has 0 aliphatic carbocycles. The second kappa shape index (κ2) is 10.4. The molecule has 0 saturated heterocycles. The van der Waals surface area contributed by atoms with Crippen molar-refractivity contribution in [2.24, 2.45) is 10.2 Å². The first-order valence-corrected chi connectivity index (χ1v) is 11.5. The molecule has 0 bridgehead atoms. The summed E-state index contributed by atoms with van der Waals surface area (Å²) in [5.74, 6) is -0.268. The van der Waals surface area contributed by atoms with E-state index >= 15 is 0 Å². The van der Waals surface area contributed by atoms with Gasteiger partial charge < -0.3 is 9.84 Å². The van der Waals surface area contributed by atoms with Crippen LogP contribution in [0.15, 0.2) is 68.4 Å². The SMILES string of the molecule is CCCOCCNS(=O)(=O)c1ccc(O)c(N=Nc2c(C)[nH]n(-c3ccccc3)c2=O)c1. The fraction of sp³-hybridized carbons (Fsp3) is 0.286. The fourth-order valence-corrected chi connectivity index (χ4v) is 3.88. The Hall–Kier alpha value is -3.28. The van der Waals surface area contributed by atoms with Crippen LogP contribution < -0.4 is 10.3 Å². The van der Waals surface area contributed by atoms with Crippen LogP contribution in [0.5, 0.6) is 5.75 Å². The molecule has 0 aliphatic heterocycles. The quantitative estimate of drug-likeness (QED) is 0.315. The first-order valence-electron chi connectivity index (χ1n) is 10.0. The Morgan fingerprint density at radius 1 is 1.12 bits per heavy atom. The highest BCUT2D eigenvalue weighted by molar-refractivity contribution is 7.89. The monoisotopic (exact) mass is 459 g/mol. The van der Waals surface area contributed by atoms with Crippen LogP contribution in [0, 0.1) is 6.92 Å². The predicted octanol–water partition coefficient (Wildman–Crippen LogP) is 3.30. The number of rotatable bonds is 10. The Balaban J connectivity index is 1.83. The molecule has 0 unspecified atom stereocenters. The molecule has 0 saturated carbocycles. The summed E-state index contributed by atoms with van der Waals surface area (Å²) in [6.45, 7) is 4.54. The number of aromatic nitrogens is 2. The Kier molecular flexibility index (Phi) is 7.57. The van der Waals surface area contributed by atoms with Crippen LogP contribution in [0.4, 0.5) is 11.4 Å². The van der Waals surface area contributed by atoms with Crippen LogP contribution in [0.25, 0.3) is 5.69 Å². The van der Waals surface area contributed by atoms with E-state index < -0.39 is 15.6 Å². The summed E-state index contributed by atoms with van der Waals surface area (Å²) in [7, 11) is -3.83. The minimum atomic E-state index is -3.83. The van der Waals surface area contributed by atoms with E-state index in [9.17, 15) is 18.3 Å². The van der Waals surface area contributed by atoms with Crippen molar-refractivity contribution in [2.75, 3.05) is 19.8 Å². The van der Waals surface area contributed by atoms with Gasteiger partial charge in [-0.15, -0.1) is 10.2 Å². The van der Waals surface area contributed by atoms with E-state index in [4.69, 9.17) is 4.74 Å². The van der Waals surface area contributed by atoms with Crippen molar-refractivity contribution in [1.82, 2.24) is 14.5 Å². The van der Waals surface area contributed by atoms with Gasteiger partial charge in [-0.2, -0.15) is 0 Å². The molecule has 11 heteroatoms. The molecule has 0 fully saturated rings. The molecule has 0 amide bonds. The lowest BCUT2D eigenvalue weighted by Gasteiger charge is -2.08. The summed E-state index contributed by atoms with van der Waals surface area (Å²) in [5.41, 5.74) is 0.648. The van der Waals surface area contributed by atoms with Crippen molar-refractivity contribution in [3.8, 4) is 11.4 Å². The highest BCUT2D eigenvalue weighted by Gasteiger charge is 2.17. The van der Waals surface area contributed by atoms with Crippen molar-refractivity contribution in [3.63, 3.8) is 0 Å². The molecule has 1 heterocycles. The van der Waals surface area contributed by atoms with Gasteiger partial charge >= 0.3 is 0 Å². The van der Waals surface area contributed by atoms with Gasteiger partial charge in [0.1, 0.15) is 11.4 Å². The van der Waals surface area contributed by atoms with E-state index in [1.807, 2.05) is 13.0 Å². The largest absolute Gasteiger partial charge is 0.506 e. The van der Waals surface area contributed by atoms with E-state index in [2.05, 4.69) is 20.0 Å². The third-order valence-corrected chi connectivity index (χ3v) is 5.92. The summed E-state index contributed by atoms with van der Waals surface area (Å²) in [6.07, 6.45) is 0.843. The van der Waals surface area contributed by atoms with Crippen molar-refractivity contribution >= 4 is 21.4 Å². The van der Waals surface area contributed by atoms with Gasteiger partial charge in [-0.1, -0.05) is 25.1 Å². The molecule has 32 heavy (non-hydrogen) atoms. The average Bonchev–Trinajstić information content (AvgIpc) is 3.07. The number of phenols is 1. The number of aromatic amines is 1. The number of hydrogen-bond acceptors (Lipinski definition) is 7. The maximum absolute atomic E-state index is 12.7. The summed E-state index contributed by atoms with van der Waals surface area (Å²) < 4.78 is 34.0. The molecule has 170 valence electrons. The van der Waals surface area contributed by atoms with Crippen molar-refractivity contribution < 1.29 is 18.3 Å². The van der Waals surface area contributed by atoms with Gasteiger partial charge in [0.2, 0.25) is 10.0 Å². The number of ether oxygens (including phenoxy) is 1. The first kappa shape index (κ1) is 23.4. The summed E-state index contributed by atoms with van der Waals surface area (Å²) >= 11 is 0. The van der Waals surface area contributed by atoms with Gasteiger partial charge in [0.05, 0.1) is 22.9 Å². The van der Waals surface area contributed by atoms with Crippen LogP contribution >= 0.6 is 0 Å². The fourth-order valence-electron chi connectivity index (χ4n) is 2.85. The van der Waals surface area contributed by atoms with Gasteiger partial charge in [-0.25, -0.2) is 17.8 Å². The van der Waals surface area contributed by atoms with Gasteiger partial charge in [0, 0.05) is 13.2 Å². The molecule has 10 nitrogen and oxygen atoms in total. The third kappa shape index (κ3) is 5.49. The molecule has 3 rings (SSSR count). The number of hydrogen-bond donors (Lipinski definition) is 3. The summed E-state index contributed by atoms with van der Waals surface area (Å²) in [5, 5.41) is 20.9. The smallest absolute Gasteiger partial charge is 0.299 e. The number of phenolic OH excluding ortho intramolecular Hbond substituents is 1. The van der Waals surface area contributed by atoms with E-state index in [0.29, 0.717) is 18.0 Å². The molecule has 0 atom stereocenters. The average molecular weight is 460 g/mol. The van der Waals surface area contributed by atoms with Crippen molar-refractivity contribution in [3.05, 3.63) is 64.6 Å². The Morgan fingerprint density at radius 3 is 2.59 bits per heavy atom. The van der Waals surface area contributed by atoms with Gasteiger partial charge in [-0.05, 0) is 43.7 Å². The molecule has 3 N–H and O–H groups in total. The highest BCUT2D eigenvalue weighted by atomic mass is 32.2. The van der Waals surface area contributed by atoms with Gasteiger partial charge in [0.25, 0.3) is 5.56 Å². The van der Waals surface area contributed by atoms with E-state index in [0.717, 1.165) is 6.42 Å². The molecule has 0 spiro atoms. The zero-order valence-electron chi connectivity index (χ0n) is 17.8. The maximum atomic E-state index is 12.7. The second-order valence-electron chi connectivity index (χ2n) is 6.92. The van der Waals surface area contributed by atoms with Crippen LogP contribution in [0.1, 0.15) is 19.0 Å². The zero-order valence-corrected chi connectivity index (χ0v) is 18.6. The third-order valence-electron chi connectivity index (χ3n) is 4.46. The molecular weight excluding hydrogens is 434 g/mol. The number of azo groups is 1. The second-order valence-corrected chi connectivity index (χ2v) is 8.69. The summed E-state index contributed by atoms with van der Waals surface area (Å²) in [6, 6.07) is 12.6. The molecule has 2 aromatic carbocycles. The minimum absolute atomic E-state index is 0.0488. The van der Waals surface area contributed by atoms with Crippen molar-refractivity contribution in [2.45, 2.75) is 25.2 Å². The molecule has 1 aromatic heterocycles. The number of aryl methyl sites for hydroxylation is 1. The first-order chi connectivity index (χ1) is 15.3. The lowest BCUT2D eigenvalue weighted by atomic mass is 10.3. The Bertz CT molecular complexity index is 1250. The number of sulfonamides is 1. The van der Waals surface area contributed by atoms with Crippen molar-refractivity contribution in [1.29, 1.82) is 0 Å². The standard InChI is InChI=1S/C21H25N5O5S/c1-3-12-31-13-11-22-32(29,30)17-9-10-19(27)18(14-17)23-24-20-15(2)25-26(21(20)28)16-7-5-4-6-8-16/h4-10,14,22,25,27H,3,11-13H2,1-2H3. The number of para-hydroxylation sites is 1. The number of benzene rings is 2. The van der Waals surface area contributed by atoms with E-state index in [1.54, 1.807) is 31.2 Å². The number of H-pyrrole nitrogens is 1. The maximum Gasteiger partial charge on any atom is 0.299 e. The van der Waals surface area contributed by atoms with Crippen LogP contribution in [0.3, 0.4) is 0 Å². The lowest BCUT2D eigenvalue weighted by molar-refractivity contribution is 0.140. The Morgan fingerprint density at radius 2 is 1.88 bits per heavy atom. The van der Waals surface area contributed by atoms with Crippen LogP contribution in [-0.2, 0) is 14.8 Å². The Labute approximate surface area is 185 Å². The topological polar surface area (TPSA) is 138 Å². The molecule has 0 radical (unpaired) electrons. The van der Waals surface area contributed by atoms with Crippen LogP contribution in [-0.4, -0.2) is 43.1 Å². The lowest BCUT2D eigenvalue weighted by Crippen LogP contribution is -2.27. The number of nitrogens with one attached hydrogen (secondary N) is 2. The molecule has 3 aromatic rings. The van der Waals surface area contributed by atoms with Gasteiger partial charge in [-0.3, -0.25) is 9.89 Å². The van der Waals surface area contributed by atoms with Gasteiger partial charge in [0.15, 0.2) is 5.69 Å². The minimum Gasteiger partial charge on any atom is -0.506 e. The molecule has 0 aliphatic rings. The highest BCUT2D eigenvalue weighted by Crippen LogP contribution is 2.30. The normalized spacial score (nSPS) is 11.9. The van der Waals surface area contributed by atoms with Crippen LogP contribution in [0.2, 0.25) is 0 Å². The van der Waals surface area contributed by atoms with E-state index in [-0.39, 0.29) is 35.2 Å². The zero-order chi connectivity index (χ0) is 23.1. The van der Waals surface area contributed by atoms with E-state index in [1.165, 1.54) is 22.9 Å². The number of nitrogens with zero attached hydrogens (tertiary/aromatic N) is 3. The molecular formula is C21H25N5O5S. The number of aromatic hydroxyl groups is 1. The predicted molar refractivity (Wildman–Crippen MR) is 120 cm³/mol.